The molecule has 1 fully saturated rings. The Morgan fingerprint density at radius 2 is 1.75 bits per heavy atom. The van der Waals surface area contributed by atoms with E-state index in [9.17, 15) is 24.3 Å². The molecule has 1 aliphatic carbocycles. The first-order valence-corrected chi connectivity index (χ1v) is 15.5. The standard InChI is InChI=1S/C35H39N5O7.ClH/c1-4-6-7-8-17-47-35(45)40-31(36)23-11-13-24(14-12-23)38-32(41)27-18-22(5-2)29(46-3)19-26(27)25-15-16-28(39-30(25)34(43)44)33(42)37-20-21-9-10-21;/h5,11-16,18-19,21H,2,4,6-10,17,20H2,1,3H3,(H,37,42)(H,38,41)(H,43,44)(H2,36,40,45);1H. The summed E-state index contributed by atoms with van der Waals surface area (Å²) in [5.41, 5.74) is 1.26. The number of ether oxygens (including phenoxy) is 2. The second kappa shape index (κ2) is 17.6. The molecule has 0 bridgehead atoms. The molecule has 0 unspecified atom stereocenters. The molecule has 2 aromatic carbocycles. The summed E-state index contributed by atoms with van der Waals surface area (Å²) in [5.74, 6) is -1.79. The molecule has 1 saturated carbocycles. The molecule has 0 radical (unpaired) electrons. The summed E-state index contributed by atoms with van der Waals surface area (Å²) in [4.78, 5) is 54.9. The molecule has 4 rings (SSSR count). The van der Waals surface area contributed by atoms with Gasteiger partial charge in [-0.3, -0.25) is 20.3 Å². The van der Waals surface area contributed by atoms with E-state index in [2.05, 4.69) is 34.4 Å². The number of anilines is 1. The van der Waals surface area contributed by atoms with Gasteiger partial charge in [-0.1, -0.05) is 38.8 Å². The Hall–Kier alpha value is -5.23. The van der Waals surface area contributed by atoms with Gasteiger partial charge in [0.1, 0.15) is 17.3 Å². The lowest BCUT2D eigenvalue weighted by atomic mass is 9.94. The number of aromatic carboxylic acids is 1. The number of carboxylic acids is 1. The fourth-order valence-corrected chi connectivity index (χ4v) is 4.78. The first kappa shape index (κ1) is 37.2. The number of nitrogens with one attached hydrogen (secondary N) is 4. The van der Waals surface area contributed by atoms with Gasteiger partial charge in [0.2, 0.25) is 0 Å². The summed E-state index contributed by atoms with van der Waals surface area (Å²) in [5, 5.41) is 26.2. The van der Waals surface area contributed by atoms with Gasteiger partial charge >= 0.3 is 12.1 Å². The van der Waals surface area contributed by atoms with Crippen molar-refractivity contribution in [2.45, 2.75) is 45.4 Å². The molecule has 1 heterocycles. The number of nitrogens with zero attached hydrogens (tertiary/aromatic N) is 1. The maximum absolute atomic E-state index is 13.7. The minimum absolute atomic E-state index is 0. The van der Waals surface area contributed by atoms with E-state index < -0.39 is 29.6 Å². The highest BCUT2D eigenvalue weighted by molar-refractivity contribution is 6.11. The molecular weight excluding hydrogens is 638 g/mol. The average molecular weight is 678 g/mol. The normalized spacial score (nSPS) is 11.8. The van der Waals surface area contributed by atoms with Crippen molar-refractivity contribution in [3.8, 4) is 16.9 Å². The van der Waals surface area contributed by atoms with E-state index in [0.29, 0.717) is 35.0 Å². The van der Waals surface area contributed by atoms with E-state index in [1.165, 1.54) is 37.5 Å². The molecule has 0 saturated heterocycles. The van der Waals surface area contributed by atoms with E-state index in [4.69, 9.17) is 14.9 Å². The summed E-state index contributed by atoms with van der Waals surface area (Å²) in [6.45, 7) is 6.65. The molecule has 13 heteroatoms. The highest BCUT2D eigenvalue weighted by Crippen LogP contribution is 2.34. The third-order valence-electron chi connectivity index (χ3n) is 7.59. The quantitative estimate of drug-likeness (QED) is 0.0683. The van der Waals surface area contributed by atoms with Crippen LogP contribution in [0.1, 0.15) is 87.9 Å². The Morgan fingerprint density at radius 1 is 1.02 bits per heavy atom. The number of hydrogen-bond donors (Lipinski definition) is 5. The van der Waals surface area contributed by atoms with Crippen LogP contribution in [0.5, 0.6) is 5.75 Å². The van der Waals surface area contributed by atoms with Crippen molar-refractivity contribution in [2.75, 3.05) is 25.6 Å². The van der Waals surface area contributed by atoms with Gasteiger partial charge in [-0.2, -0.15) is 0 Å². The fourth-order valence-electron chi connectivity index (χ4n) is 4.78. The smallest absolute Gasteiger partial charge is 0.412 e. The number of methoxy groups -OCH3 is 1. The summed E-state index contributed by atoms with van der Waals surface area (Å²) in [7, 11) is 1.44. The van der Waals surface area contributed by atoms with Crippen molar-refractivity contribution in [1.82, 2.24) is 15.6 Å². The number of amides is 3. The van der Waals surface area contributed by atoms with E-state index in [-0.39, 0.29) is 47.2 Å². The molecule has 0 atom stereocenters. The van der Waals surface area contributed by atoms with Gasteiger partial charge in [0.15, 0.2) is 5.69 Å². The van der Waals surface area contributed by atoms with Crippen LogP contribution in [0.25, 0.3) is 17.2 Å². The minimum atomic E-state index is -1.37. The number of pyridine rings is 1. The fraction of sp³-hybridized carbons (Fsp3) is 0.314. The van der Waals surface area contributed by atoms with Crippen LogP contribution in [0.4, 0.5) is 10.5 Å². The highest BCUT2D eigenvalue weighted by Gasteiger charge is 2.25. The molecule has 3 aromatic rings. The Balaban J connectivity index is 0.00000625. The van der Waals surface area contributed by atoms with Crippen LogP contribution in [-0.2, 0) is 4.74 Å². The van der Waals surface area contributed by atoms with Crippen LogP contribution in [0, 0.1) is 11.3 Å². The van der Waals surface area contributed by atoms with Crippen LogP contribution in [0.2, 0.25) is 0 Å². The first-order valence-electron chi connectivity index (χ1n) is 15.5. The maximum atomic E-state index is 13.7. The van der Waals surface area contributed by atoms with Crippen molar-refractivity contribution in [1.29, 1.82) is 5.41 Å². The summed E-state index contributed by atoms with van der Waals surface area (Å²) >= 11 is 0. The van der Waals surface area contributed by atoms with Gasteiger partial charge in [0, 0.05) is 40.0 Å². The predicted octanol–water partition coefficient (Wildman–Crippen LogP) is 6.54. The number of carbonyl (C=O) groups is 4. The first-order chi connectivity index (χ1) is 22.6. The van der Waals surface area contributed by atoms with Crippen LogP contribution >= 0.6 is 12.4 Å². The number of hydrogen-bond acceptors (Lipinski definition) is 8. The van der Waals surface area contributed by atoms with E-state index in [0.717, 1.165) is 38.5 Å². The zero-order valence-corrected chi connectivity index (χ0v) is 27.7. The molecule has 1 aliphatic rings. The lowest BCUT2D eigenvalue weighted by Gasteiger charge is -2.16. The molecule has 12 nitrogen and oxygen atoms in total. The second-order valence-corrected chi connectivity index (χ2v) is 11.1. The number of carbonyl (C=O) groups excluding carboxylic acids is 3. The minimum Gasteiger partial charge on any atom is -0.496 e. The summed E-state index contributed by atoms with van der Waals surface area (Å²) in [6.07, 6.45) is 6.73. The molecule has 1 aromatic heterocycles. The Morgan fingerprint density at radius 3 is 2.38 bits per heavy atom. The van der Waals surface area contributed by atoms with Crippen molar-refractivity contribution >= 4 is 53.9 Å². The number of alkyl carbamates (subject to hydrolysis) is 1. The second-order valence-electron chi connectivity index (χ2n) is 11.1. The molecular formula is C35H40ClN5O7. The molecule has 5 N–H and O–H groups in total. The van der Waals surface area contributed by atoms with Crippen LogP contribution in [0.3, 0.4) is 0 Å². The predicted molar refractivity (Wildman–Crippen MR) is 185 cm³/mol. The van der Waals surface area contributed by atoms with Gasteiger partial charge in [0.25, 0.3) is 11.8 Å². The van der Waals surface area contributed by atoms with Crippen LogP contribution in [-0.4, -0.2) is 60.1 Å². The largest absolute Gasteiger partial charge is 0.496 e. The lowest BCUT2D eigenvalue weighted by molar-refractivity contribution is 0.0690. The third kappa shape index (κ3) is 9.88. The number of aromatic nitrogens is 1. The third-order valence-corrected chi connectivity index (χ3v) is 7.59. The lowest BCUT2D eigenvalue weighted by Crippen LogP contribution is -2.31. The van der Waals surface area contributed by atoms with Gasteiger partial charge in [-0.05, 0) is 73.7 Å². The highest BCUT2D eigenvalue weighted by atomic mass is 35.5. The molecule has 3 amide bonds. The molecule has 0 spiro atoms. The average Bonchev–Trinajstić information content (AvgIpc) is 3.91. The van der Waals surface area contributed by atoms with Gasteiger partial charge in [-0.25, -0.2) is 14.6 Å². The maximum Gasteiger partial charge on any atom is 0.412 e. The Bertz CT molecular complexity index is 1670. The van der Waals surface area contributed by atoms with Crippen molar-refractivity contribution in [3.63, 3.8) is 0 Å². The van der Waals surface area contributed by atoms with Gasteiger partial charge < -0.3 is 25.2 Å². The van der Waals surface area contributed by atoms with Crippen LogP contribution in [0.15, 0.2) is 55.1 Å². The van der Waals surface area contributed by atoms with Gasteiger partial charge in [0.05, 0.1) is 13.7 Å². The number of amidine groups is 1. The topological polar surface area (TPSA) is 180 Å². The van der Waals surface area contributed by atoms with Gasteiger partial charge in [-0.15, -0.1) is 12.4 Å². The monoisotopic (exact) mass is 677 g/mol. The number of unbranched alkanes of at least 4 members (excludes halogenated alkanes) is 3. The SMILES string of the molecule is C=Cc1cc(C(=O)Nc2ccc(C(=N)NC(=O)OCCCCCC)cc2)c(-c2ccc(C(=O)NCC3CC3)nc2C(=O)O)cc1OC.Cl. The molecule has 48 heavy (non-hydrogen) atoms. The zero-order chi connectivity index (χ0) is 33.9. The van der Waals surface area contributed by atoms with E-state index in [1.807, 2.05) is 0 Å². The Labute approximate surface area is 285 Å². The van der Waals surface area contributed by atoms with Crippen LogP contribution < -0.4 is 20.7 Å². The van der Waals surface area contributed by atoms with Crippen molar-refractivity contribution in [3.05, 3.63) is 83.2 Å². The summed E-state index contributed by atoms with van der Waals surface area (Å²) in [6, 6.07) is 12.2. The van der Waals surface area contributed by atoms with E-state index >= 15 is 0 Å². The number of rotatable bonds is 15. The Kier molecular flexibility index (Phi) is 13.7. The number of benzene rings is 2. The van der Waals surface area contributed by atoms with Crippen molar-refractivity contribution in [2.24, 2.45) is 5.92 Å². The molecule has 0 aliphatic heterocycles. The zero-order valence-electron chi connectivity index (χ0n) is 26.9. The molecule has 254 valence electrons. The number of halogens is 1. The summed E-state index contributed by atoms with van der Waals surface area (Å²) < 4.78 is 10.6. The van der Waals surface area contributed by atoms with E-state index in [1.54, 1.807) is 24.3 Å². The number of carboxylic acid groups (broad SMARTS) is 1. The van der Waals surface area contributed by atoms with Crippen molar-refractivity contribution < 1.29 is 33.8 Å².